The first-order chi connectivity index (χ1) is 10.2. The van der Waals surface area contributed by atoms with Crippen molar-refractivity contribution in [3.05, 3.63) is 21.9 Å². The third-order valence-electron chi connectivity index (χ3n) is 3.75. The maximum atomic E-state index is 12.5. The largest absolute Gasteiger partial charge is 0.395 e. The van der Waals surface area contributed by atoms with Crippen molar-refractivity contribution in [1.29, 1.82) is 0 Å². The molecule has 0 aliphatic carbocycles. The van der Waals surface area contributed by atoms with E-state index in [1.165, 1.54) is 11.3 Å². The quantitative estimate of drug-likeness (QED) is 0.864. The summed E-state index contributed by atoms with van der Waals surface area (Å²) < 4.78 is 0. The van der Waals surface area contributed by atoms with Crippen LogP contribution in [-0.4, -0.2) is 59.6 Å². The van der Waals surface area contributed by atoms with Gasteiger partial charge in [-0.15, -0.1) is 11.3 Å². The Labute approximate surface area is 130 Å². The smallest absolute Gasteiger partial charge is 0.254 e. The van der Waals surface area contributed by atoms with Crippen LogP contribution in [0, 0.1) is 11.8 Å². The van der Waals surface area contributed by atoms with Crippen LogP contribution in [0.4, 0.5) is 0 Å². The first-order valence-electron chi connectivity index (χ1n) is 7.37. The Kier molecular flexibility index (Phi) is 5.80. The summed E-state index contributed by atoms with van der Waals surface area (Å²) in [5, 5.41) is 10.6. The molecule has 1 atom stereocenters. The van der Waals surface area contributed by atoms with Gasteiger partial charge in [0.05, 0.1) is 17.0 Å². The van der Waals surface area contributed by atoms with Gasteiger partial charge < -0.3 is 10.0 Å². The number of hydrogen-bond donors (Lipinski definition) is 1. The molecule has 1 saturated heterocycles. The van der Waals surface area contributed by atoms with Crippen molar-refractivity contribution in [2.24, 2.45) is 0 Å². The lowest BCUT2D eigenvalue weighted by Gasteiger charge is -2.39. The number of thiophene rings is 1. The molecule has 1 aliphatic heterocycles. The number of carbonyl (C=O) groups is 1. The number of carbonyl (C=O) groups excluding carboxylic acids is 1. The van der Waals surface area contributed by atoms with Gasteiger partial charge in [0.2, 0.25) is 0 Å². The van der Waals surface area contributed by atoms with Gasteiger partial charge in [0.1, 0.15) is 0 Å². The van der Waals surface area contributed by atoms with Gasteiger partial charge in [-0.25, -0.2) is 0 Å². The Morgan fingerprint density at radius 2 is 2.33 bits per heavy atom. The highest BCUT2D eigenvalue weighted by Gasteiger charge is 2.26. The summed E-state index contributed by atoms with van der Waals surface area (Å²) >= 11 is 1.49. The summed E-state index contributed by atoms with van der Waals surface area (Å²) in [7, 11) is 0. The molecule has 1 aromatic rings. The molecule has 0 radical (unpaired) electrons. The standard InChI is InChI=1S/C16H22N2O2S/c1-3-17-7-8-18(11-13(17)2)16(20)14-10-15(21-12-14)6-4-5-9-19/h10,12-13,19H,3,5,7-9,11H2,1-2H3. The molecule has 1 N–H and O–H groups in total. The molecule has 5 heteroatoms. The molecule has 1 aliphatic rings. The Morgan fingerprint density at radius 1 is 1.52 bits per heavy atom. The third-order valence-corrected chi connectivity index (χ3v) is 4.60. The van der Waals surface area contributed by atoms with E-state index in [2.05, 4.69) is 30.6 Å². The molecule has 1 unspecified atom stereocenters. The van der Waals surface area contributed by atoms with E-state index < -0.39 is 0 Å². The molecule has 1 aromatic heterocycles. The van der Waals surface area contributed by atoms with Gasteiger partial charge in [-0.1, -0.05) is 18.8 Å². The van der Waals surface area contributed by atoms with Crippen molar-refractivity contribution in [2.75, 3.05) is 32.8 Å². The summed E-state index contributed by atoms with van der Waals surface area (Å²) in [5.74, 6) is 5.96. The van der Waals surface area contributed by atoms with Crippen LogP contribution in [0.25, 0.3) is 0 Å². The van der Waals surface area contributed by atoms with Crippen molar-refractivity contribution in [3.63, 3.8) is 0 Å². The minimum Gasteiger partial charge on any atom is -0.395 e. The minimum atomic E-state index is 0.0732. The van der Waals surface area contributed by atoms with E-state index in [0.717, 1.165) is 36.6 Å². The van der Waals surface area contributed by atoms with E-state index in [9.17, 15) is 4.79 Å². The molecule has 2 rings (SSSR count). The predicted molar refractivity (Wildman–Crippen MR) is 85.5 cm³/mol. The summed E-state index contributed by atoms with van der Waals surface area (Å²) in [6, 6.07) is 2.27. The van der Waals surface area contributed by atoms with Crippen molar-refractivity contribution in [3.8, 4) is 11.8 Å². The lowest BCUT2D eigenvalue weighted by molar-refractivity contribution is 0.0529. The van der Waals surface area contributed by atoms with Crippen LogP contribution in [0.2, 0.25) is 0 Å². The van der Waals surface area contributed by atoms with Crippen LogP contribution in [0.1, 0.15) is 35.5 Å². The highest BCUT2D eigenvalue weighted by molar-refractivity contribution is 7.10. The lowest BCUT2D eigenvalue weighted by atomic mass is 10.1. The number of hydrogen-bond acceptors (Lipinski definition) is 4. The number of aliphatic hydroxyl groups excluding tert-OH is 1. The van der Waals surface area contributed by atoms with Gasteiger partial charge in [-0.2, -0.15) is 0 Å². The number of piperazine rings is 1. The number of likely N-dealkylation sites (N-methyl/N-ethyl adjacent to an activating group) is 1. The fraction of sp³-hybridized carbons (Fsp3) is 0.562. The molecule has 0 aromatic carbocycles. The van der Waals surface area contributed by atoms with E-state index in [1.54, 1.807) is 0 Å². The summed E-state index contributed by atoms with van der Waals surface area (Å²) in [4.78, 5) is 17.7. The van der Waals surface area contributed by atoms with Crippen molar-refractivity contribution >= 4 is 17.2 Å². The highest BCUT2D eigenvalue weighted by atomic mass is 32.1. The SMILES string of the molecule is CCN1CCN(C(=O)c2csc(C#CCCO)c2)CC1C. The fourth-order valence-corrected chi connectivity index (χ4v) is 3.30. The zero-order valence-corrected chi connectivity index (χ0v) is 13.4. The van der Waals surface area contributed by atoms with Gasteiger partial charge >= 0.3 is 0 Å². The van der Waals surface area contributed by atoms with E-state index in [0.29, 0.717) is 12.5 Å². The molecule has 21 heavy (non-hydrogen) atoms. The molecule has 4 nitrogen and oxygen atoms in total. The molecule has 2 heterocycles. The number of aliphatic hydroxyl groups is 1. The Bertz CT molecular complexity index is 544. The Hall–Kier alpha value is -1.35. The zero-order valence-electron chi connectivity index (χ0n) is 12.6. The number of nitrogens with zero attached hydrogens (tertiary/aromatic N) is 2. The predicted octanol–water partition coefficient (Wildman–Crippen LogP) is 1.65. The van der Waals surface area contributed by atoms with Gasteiger partial charge in [0.25, 0.3) is 5.91 Å². The van der Waals surface area contributed by atoms with Gasteiger partial charge in [0.15, 0.2) is 0 Å². The monoisotopic (exact) mass is 306 g/mol. The Balaban J connectivity index is 1.99. The lowest BCUT2D eigenvalue weighted by Crippen LogP contribution is -2.53. The van der Waals surface area contributed by atoms with Gasteiger partial charge in [0, 0.05) is 37.5 Å². The highest BCUT2D eigenvalue weighted by Crippen LogP contribution is 2.18. The van der Waals surface area contributed by atoms with Crippen LogP contribution in [0.5, 0.6) is 0 Å². The second-order valence-corrected chi connectivity index (χ2v) is 6.12. The average molecular weight is 306 g/mol. The third kappa shape index (κ3) is 4.07. The fourth-order valence-electron chi connectivity index (χ4n) is 2.55. The summed E-state index contributed by atoms with van der Waals surface area (Å²) in [6.07, 6.45) is 0.470. The van der Waals surface area contributed by atoms with E-state index >= 15 is 0 Å². The second-order valence-electron chi connectivity index (χ2n) is 5.20. The van der Waals surface area contributed by atoms with Gasteiger partial charge in [-0.3, -0.25) is 9.69 Å². The van der Waals surface area contributed by atoms with Crippen LogP contribution in [-0.2, 0) is 0 Å². The summed E-state index contributed by atoms with van der Waals surface area (Å²) in [5.41, 5.74) is 0.727. The van der Waals surface area contributed by atoms with E-state index in [1.807, 2.05) is 16.3 Å². The van der Waals surface area contributed by atoms with Crippen LogP contribution in [0.3, 0.4) is 0 Å². The maximum Gasteiger partial charge on any atom is 0.254 e. The first kappa shape index (κ1) is 16.0. The van der Waals surface area contributed by atoms with E-state index in [-0.39, 0.29) is 12.5 Å². The van der Waals surface area contributed by atoms with Crippen LogP contribution < -0.4 is 0 Å². The first-order valence-corrected chi connectivity index (χ1v) is 8.25. The Morgan fingerprint density at radius 3 is 3.00 bits per heavy atom. The average Bonchev–Trinajstić information content (AvgIpc) is 2.95. The molecule has 1 amide bonds. The van der Waals surface area contributed by atoms with Crippen molar-refractivity contribution in [1.82, 2.24) is 9.80 Å². The number of amides is 1. The number of rotatable bonds is 3. The van der Waals surface area contributed by atoms with Crippen LogP contribution in [0.15, 0.2) is 11.4 Å². The molecule has 0 saturated carbocycles. The molecular formula is C16H22N2O2S. The normalized spacial score (nSPS) is 19.2. The molecule has 0 spiro atoms. The van der Waals surface area contributed by atoms with Crippen molar-refractivity contribution < 1.29 is 9.90 Å². The van der Waals surface area contributed by atoms with Crippen LogP contribution >= 0.6 is 11.3 Å². The summed E-state index contributed by atoms with van der Waals surface area (Å²) in [6.45, 7) is 7.95. The molecule has 1 fully saturated rings. The minimum absolute atomic E-state index is 0.0732. The molecule has 0 bridgehead atoms. The second kappa shape index (κ2) is 7.60. The molecular weight excluding hydrogens is 284 g/mol. The molecule has 114 valence electrons. The topological polar surface area (TPSA) is 43.8 Å². The maximum absolute atomic E-state index is 12.5. The van der Waals surface area contributed by atoms with Gasteiger partial charge in [-0.05, 0) is 19.5 Å². The van der Waals surface area contributed by atoms with Crippen molar-refractivity contribution in [2.45, 2.75) is 26.3 Å². The zero-order chi connectivity index (χ0) is 15.2. The van der Waals surface area contributed by atoms with E-state index in [4.69, 9.17) is 5.11 Å².